The average molecular weight is 123 g/mol. The summed E-state index contributed by atoms with van der Waals surface area (Å²) in [5.41, 5.74) is 0. The van der Waals surface area contributed by atoms with Crippen LogP contribution in [0, 0.1) is 0 Å². The number of hydrogen-bond acceptors (Lipinski definition) is 3. The van der Waals surface area contributed by atoms with Crippen molar-refractivity contribution in [3.8, 4) is 0 Å². The van der Waals surface area contributed by atoms with Crippen molar-refractivity contribution >= 4 is 9.39 Å². The molecule has 2 atom stereocenters. The Kier molecular flexibility index (Phi) is 4.67. The third kappa shape index (κ3) is 4.16. The van der Waals surface area contributed by atoms with Crippen LogP contribution in [0.15, 0.2) is 0 Å². The van der Waals surface area contributed by atoms with Crippen molar-refractivity contribution in [2.45, 2.75) is 6.10 Å². The monoisotopic (exact) mass is 123 g/mol. The molecule has 0 radical (unpaired) electrons. The van der Waals surface area contributed by atoms with Crippen LogP contribution in [0.4, 0.5) is 0 Å². The predicted molar refractivity (Wildman–Crippen MR) is 30.8 cm³/mol. The lowest BCUT2D eigenvalue weighted by Crippen LogP contribution is -2.23. The largest absolute Gasteiger partial charge is 0.394 e. The van der Waals surface area contributed by atoms with Crippen molar-refractivity contribution in [3.63, 3.8) is 0 Å². The summed E-state index contributed by atoms with van der Waals surface area (Å²) < 4.78 is 0. The van der Waals surface area contributed by atoms with E-state index >= 15 is 0 Å². The first-order chi connectivity index (χ1) is 3.31. The van der Waals surface area contributed by atoms with E-state index in [0.29, 0.717) is 6.54 Å². The van der Waals surface area contributed by atoms with Crippen LogP contribution in [0.3, 0.4) is 0 Å². The Morgan fingerprint density at radius 2 is 2.29 bits per heavy atom. The molecule has 0 rings (SSSR count). The van der Waals surface area contributed by atoms with E-state index in [4.69, 9.17) is 10.2 Å². The van der Waals surface area contributed by atoms with E-state index in [-0.39, 0.29) is 6.61 Å². The Hall–Kier alpha value is 0.310. The summed E-state index contributed by atoms with van der Waals surface area (Å²) in [4.78, 5) is 0. The normalized spacial score (nSPS) is 14.1. The number of aliphatic hydroxyl groups is 2. The molecule has 0 fully saturated rings. The fraction of sp³-hybridized carbons (Fsp3) is 1.00. The van der Waals surface area contributed by atoms with Crippen LogP contribution in [-0.2, 0) is 0 Å². The fourth-order valence-corrected chi connectivity index (χ4v) is 0.473. The van der Waals surface area contributed by atoms with Gasteiger partial charge in [-0.3, -0.25) is 5.09 Å². The van der Waals surface area contributed by atoms with E-state index < -0.39 is 6.10 Å². The SMILES string of the molecule is OCC(O)CNP. The summed E-state index contributed by atoms with van der Waals surface area (Å²) in [6.45, 7) is 0.239. The third-order valence-corrected chi connectivity index (χ3v) is 0.800. The van der Waals surface area contributed by atoms with Crippen molar-refractivity contribution in [3.05, 3.63) is 0 Å². The highest BCUT2D eigenvalue weighted by atomic mass is 31.0. The first kappa shape index (κ1) is 7.31. The van der Waals surface area contributed by atoms with E-state index in [9.17, 15) is 0 Å². The van der Waals surface area contributed by atoms with E-state index in [2.05, 4.69) is 14.5 Å². The van der Waals surface area contributed by atoms with Gasteiger partial charge in [-0.1, -0.05) is 9.39 Å². The molecule has 3 nitrogen and oxygen atoms in total. The lowest BCUT2D eigenvalue weighted by molar-refractivity contribution is 0.0993. The van der Waals surface area contributed by atoms with Gasteiger partial charge in [-0.05, 0) is 0 Å². The van der Waals surface area contributed by atoms with Crippen LogP contribution in [0.25, 0.3) is 0 Å². The first-order valence-corrected chi connectivity index (χ1v) is 2.61. The Labute approximate surface area is 45.0 Å². The molecule has 0 aromatic carbocycles. The van der Waals surface area contributed by atoms with Gasteiger partial charge in [0, 0.05) is 6.54 Å². The molecule has 0 aliphatic heterocycles. The second-order valence-corrected chi connectivity index (χ2v) is 1.65. The van der Waals surface area contributed by atoms with Gasteiger partial charge in [0.25, 0.3) is 0 Å². The van der Waals surface area contributed by atoms with Crippen molar-refractivity contribution in [2.75, 3.05) is 13.2 Å². The van der Waals surface area contributed by atoms with Gasteiger partial charge < -0.3 is 10.2 Å². The number of nitrogens with one attached hydrogen (secondary N) is 1. The minimum absolute atomic E-state index is 0.179. The topological polar surface area (TPSA) is 52.5 Å². The minimum atomic E-state index is -0.627. The van der Waals surface area contributed by atoms with Crippen molar-refractivity contribution < 1.29 is 10.2 Å². The molecule has 3 N–H and O–H groups in total. The standard InChI is InChI=1S/C3H10NO2P/c5-2-3(6)1-4-7/h3-6H,1-2,7H2. The predicted octanol–water partition coefficient (Wildman–Crippen LogP) is -1.28. The average Bonchev–Trinajstić information content (AvgIpc) is 1.68. The van der Waals surface area contributed by atoms with Crippen LogP contribution >= 0.6 is 9.39 Å². The second kappa shape index (κ2) is 4.47. The van der Waals surface area contributed by atoms with Crippen LogP contribution in [0.5, 0.6) is 0 Å². The molecule has 0 spiro atoms. The summed E-state index contributed by atoms with van der Waals surface area (Å²) >= 11 is 0. The highest BCUT2D eigenvalue weighted by molar-refractivity contribution is 7.13. The maximum Gasteiger partial charge on any atom is 0.0897 e. The molecule has 0 bridgehead atoms. The maximum atomic E-state index is 8.53. The molecule has 0 saturated heterocycles. The van der Waals surface area contributed by atoms with Gasteiger partial charge in [0.2, 0.25) is 0 Å². The Bertz CT molecular complexity index is 43.9. The molecule has 0 aromatic rings. The van der Waals surface area contributed by atoms with E-state index in [1.54, 1.807) is 0 Å². The maximum absolute atomic E-state index is 8.53. The molecule has 44 valence electrons. The van der Waals surface area contributed by atoms with E-state index in [1.165, 1.54) is 0 Å². The molecule has 4 heteroatoms. The smallest absolute Gasteiger partial charge is 0.0897 e. The Morgan fingerprint density at radius 3 is 2.43 bits per heavy atom. The lowest BCUT2D eigenvalue weighted by Gasteiger charge is -2.02. The van der Waals surface area contributed by atoms with Crippen molar-refractivity contribution in [1.82, 2.24) is 5.09 Å². The fourth-order valence-electron chi connectivity index (χ4n) is 0.201. The number of aliphatic hydroxyl groups excluding tert-OH is 2. The highest BCUT2D eigenvalue weighted by Crippen LogP contribution is 1.77. The summed E-state index contributed by atoms with van der Waals surface area (Å²) in [7, 11) is 2.23. The number of rotatable bonds is 3. The highest BCUT2D eigenvalue weighted by Gasteiger charge is 1.95. The second-order valence-electron chi connectivity index (χ2n) is 1.24. The molecular formula is C3H10NO2P. The quantitative estimate of drug-likeness (QED) is 0.410. The molecule has 0 aromatic heterocycles. The van der Waals surface area contributed by atoms with Crippen LogP contribution < -0.4 is 5.09 Å². The summed E-state index contributed by atoms with van der Waals surface area (Å²) in [5, 5.41) is 19.3. The van der Waals surface area contributed by atoms with E-state index in [1.807, 2.05) is 0 Å². The molecule has 0 heterocycles. The zero-order valence-electron chi connectivity index (χ0n) is 3.96. The molecule has 0 saturated carbocycles. The van der Waals surface area contributed by atoms with Gasteiger partial charge in [-0.15, -0.1) is 0 Å². The van der Waals surface area contributed by atoms with Gasteiger partial charge in [0.1, 0.15) is 0 Å². The van der Waals surface area contributed by atoms with Crippen molar-refractivity contribution in [2.24, 2.45) is 0 Å². The van der Waals surface area contributed by atoms with Crippen molar-refractivity contribution in [1.29, 1.82) is 0 Å². The molecule has 0 aliphatic carbocycles. The van der Waals surface area contributed by atoms with Gasteiger partial charge in [-0.2, -0.15) is 0 Å². The minimum Gasteiger partial charge on any atom is -0.394 e. The lowest BCUT2D eigenvalue weighted by atomic mass is 10.4. The number of hydrogen-bond donors (Lipinski definition) is 3. The molecule has 7 heavy (non-hydrogen) atoms. The van der Waals surface area contributed by atoms with Crippen LogP contribution in [-0.4, -0.2) is 29.5 Å². The summed E-state index contributed by atoms with van der Waals surface area (Å²) in [6, 6.07) is 0. The van der Waals surface area contributed by atoms with Gasteiger partial charge >= 0.3 is 0 Å². The molecule has 2 unspecified atom stereocenters. The first-order valence-electron chi connectivity index (χ1n) is 2.03. The summed E-state index contributed by atoms with van der Waals surface area (Å²) in [6.07, 6.45) is -0.627. The zero-order chi connectivity index (χ0) is 5.70. The van der Waals surface area contributed by atoms with Gasteiger partial charge in [0.05, 0.1) is 12.7 Å². The molecule has 0 aliphatic rings. The third-order valence-electron chi connectivity index (χ3n) is 0.564. The summed E-state index contributed by atoms with van der Waals surface area (Å²) in [5.74, 6) is 0. The van der Waals surface area contributed by atoms with Gasteiger partial charge in [0.15, 0.2) is 0 Å². The zero-order valence-corrected chi connectivity index (χ0v) is 5.12. The Morgan fingerprint density at radius 1 is 1.71 bits per heavy atom. The Balaban J connectivity index is 2.83. The van der Waals surface area contributed by atoms with Crippen LogP contribution in [0.1, 0.15) is 0 Å². The van der Waals surface area contributed by atoms with Crippen LogP contribution in [0.2, 0.25) is 0 Å². The van der Waals surface area contributed by atoms with E-state index in [0.717, 1.165) is 0 Å². The van der Waals surface area contributed by atoms with Gasteiger partial charge in [-0.25, -0.2) is 0 Å². The molecular weight excluding hydrogens is 113 g/mol. The molecule has 0 amide bonds.